The number of hydrogen-bond acceptors (Lipinski definition) is 6. The molecule has 1 aliphatic rings. The first-order valence-corrected chi connectivity index (χ1v) is 5.52. The van der Waals surface area contributed by atoms with Gasteiger partial charge in [0.25, 0.3) is 0 Å². The maximum Gasteiger partial charge on any atom is 0.184 e. The third-order valence-electron chi connectivity index (χ3n) is 2.59. The maximum atomic E-state index is 9.60. The summed E-state index contributed by atoms with van der Waals surface area (Å²) in [7, 11) is 0. The van der Waals surface area contributed by atoms with Crippen LogP contribution in [0.5, 0.6) is 0 Å². The molecule has 0 aliphatic carbocycles. The van der Waals surface area contributed by atoms with E-state index in [9.17, 15) is 20.4 Å². The molecule has 1 rings (SSSR count). The summed E-state index contributed by atoms with van der Waals surface area (Å²) in [6.07, 6.45) is -6.21. The summed E-state index contributed by atoms with van der Waals surface area (Å²) in [6.45, 7) is 5.15. The fourth-order valence-electron chi connectivity index (χ4n) is 1.61. The van der Waals surface area contributed by atoms with Crippen molar-refractivity contribution in [1.29, 1.82) is 0 Å². The first kappa shape index (κ1) is 13.8. The topological polar surface area (TPSA) is 102 Å². The molecule has 6 heteroatoms. The van der Waals surface area contributed by atoms with Crippen LogP contribution in [-0.4, -0.2) is 64.2 Å². The van der Waals surface area contributed by atoms with Crippen molar-refractivity contribution in [1.82, 2.24) is 5.32 Å². The van der Waals surface area contributed by atoms with E-state index in [0.717, 1.165) is 6.54 Å². The number of hydrogen-bond donors (Lipinski definition) is 5. The van der Waals surface area contributed by atoms with E-state index in [0.29, 0.717) is 12.5 Å². The van der Waals surface area contributed by atoms with Crippen molar-refractivity contribution < 1.29 is 25.2 Å². The van der Waals surface area contributed by atoms with Crippen LogP contribution in [0.4, 0.5) is 0 Å². The molecule has 0 aromatic rings. The molecule has 5 N–H and O–H groups in total. The monoisotopic (exact) mass is 235 g/mol. The van der Waals surface area contributed by atoms with Crippen LogP contribution in [0.25, 0.3) is 0 Å². The first-order valence-electron chi connectivity index (χ1n) is 5.52. The van der Waals surface area contributed by atoms with Crippen LogP contribution in [0, 0.1) is 5.92 Å². The second kappa shape index (κ2) is 5.90. The molecule has 1 saturated heterocycles. The molecule has 0 radical (unpaired) electrons. The van der Waals surface area contributed by atoms with Crippen molar-refractivity contribution in [2.45, 2.75) is 44.6 Å². The Hall–Kier alpha value is -0.240. The standard InChI is InChI=1S/C10H21NO5/c1-5(2)3-11-4-6-7(12)8(13)9(14)10(15)16-6/h5-15H,3-4H2,1-2H3/t6-,7-,8+,9+,10+/m1/s1. The Labute approximate surface area is 94.9 Å². The van der Waals surface area contributed by atoms with E-state index < -0.39 is 30.7 Å². The van der Waals surface area contributed by atoms with E-state index in [1.54, 1.807) is 0 Å². The van der Waals surface area contributed by atoms with E-state index in [2.05, 4.69) is 5.32 Å². The van der Waals surface area contributed by atoms with Gasteiger partial charge in [-0.2, -0.15) is 0 Å². The largest absolute Gasteiger partial charge is 0.388 e. The Kier molecular flexibility index (Phi) is 5.10. The zero-order chi connectivity index (χ0) is 12.3. The molecule has 1 fully saturated rings. The molecular weight excluding hydrogens is 214 g/mol. The predicted molar refractivity (Wildman–Crippen MR) is 56.6 cm³/mol. The number of aliphatic hydroxyl groups is 4. The van der Waals surface area contributed by atoms with E-state index in [1.807, 2.05) is 13.8 Å². The Balaban J connectivity index is 2.41. The number of nitrogens with one attached hydrogen (secondary N) is 1. The third-order valence-corrected chi connectivity index (χ3v) is 2.59. The van der Waals surface area contributed by atoms with Gasteiger partial charge in [0.1, 0.15) is 24.4 Å². The minimum absolute atomic E-state index is 0.320. The minimum Gasteiger partial charge on any atom is -0.388 e. The average Bonchev–Trinajstić information content (AvgIpc) is 2.22. The maximum absolute atomic E-state index is 9.60. The van der Waals surface area contributed by atoms with Crippen LogP contribution >= 0.6 is 0 Å². The molecule has 0 bridgehead atoms. The van der Waals surface area contributed by atoms with Gasteiger partial charge < -0.3 is 30.5 Å². The van der Waals surface area contributed by atoms with Gasteiger partial charge in [0.2, 0.25) is 0 Å². The molecule has 5 atom stereocenters. The Morgan fingerprint density at radius 3 is 2.25 bits per heavy atom. The van der Waals surface area contributed by atoms with Gasteiger partial charge in [0.05, 0.1) is 0 Å². The SMILES string of the molecule is CC(C)CNC[C@H]1O[C@H](O)[C@@H](O)[C@@H](O)[C@@H]1O. The Morgan fingerprint density at radius 2 is 1.69 bits per heavy atom. The Morgan fingerprint density at radius 1 is 1.06 bits per heavy atom. The average molecular weight is 235 g/mol. The lowest BCUT2D eigenvalue weighted by Crippen LogP contribution is -2.59. The molecular formula is C10H21NO5. The summed E-state index contributed by atoms with van der Waals surface area (Å²) in [5, 5.41) is 40.6. The molecule has 0 spiro atoms. The summed E-state index contributed by atoms with van der Waals surface area (Å²) >= 11 is 0. The highest BCUT2D eigenvalue weighted by Gasteiger charge is 2.42. The van der Waals surface area contributed by atoms with Gasteiger partial charge in [-0.3, -0.25) is 0 Å². The normalized spacial score (nSPS) is 40.3. The molecule has 0 aromatic carbocycles. The number of ether oxygens (including phenoxy) is 1. The zero-order valence-corrected chi connectivity index (χ0v) is 9.58. The number of rotatable bonds is 4. The van der Waals surface area contributed by atoms with Gasteiger partial charge in [-0.1, -0.05) is 13.8 Å². The van der Waals surface area contributed by atoms with Crippen LogP contribution in [0.1, 0.15) is 13.8 Å². The van der Waals surface area contributed by atoms with E-state index in [4.69, 9.17) is 4.74 Å². The smallest absolute Gasteiger partial charge is 0.184 e. The highest BCUT2D eigenvalue weighted by Crippen LogP contribution is 2.19. The highest BCUT2D eigenvalue weighted by atomic mass is 16.6. The molecule has 1 heterocycles. The molecule has 96 valence electrons. The molecule has 1 aliphatic heterocycles. The van der Waals surface area contributed by atoms with Crippen LogP contribution < -0.4 is 5.32 Å². The second-order valence-electron chi connectivity index (χ2n) is 4.59. The number of aliphatic hydroxyl groups excluding tert-OH is 4. The van der Waals surface area contributed by atoms with Crippen molar-refractivity contribution in [2.24, 2.45) is 5.92 Å². The zero-order valence-electron chi connectivity index (χ0n) is 9.58. The van der Waals surface area contributed by atoms with Crippen LogP contribution in [0.15, 0.2) is 0 Å². The fraction of sp³-hybridized carbons (Fsp3) is 1.00. The molecule has 0 amide bonds. The van der Waals surface area contributed by atoms with Gasteiger partial charge in [0, 0.05) is 6.54 Å². The summed E-state index contributed by atoms with van der Waals surface area (Å²) in [5.74, 6) is 0.459. The van der Waals surface area contributed by atoms with E-state index >= 15 is 0 Å². The lowest BCUT2D eigenvalue weighted by Gasteiger charge is -2.38. The van der Waals surface area contributed by atoms with Gasteiger partial charge in [-0.05, 0) is 12.5 Å². The summed E-state index contributed by atoms with van der Waals surface area (Å²) < 4.78 is 5.00. The van der Waals surface area contributed by atoms with Crippen molar-refractivity contribution in [2.75, 3.05) is 13.1 Å². The lowest BCUT2D eigenvalue weighted by atomic mass is 9.99. The predicted octanol–water partition coefficient (Wildman–Crippen LogP) is -1.97. The highest BCUT2D eigenvalue weighted by molar-refractivity contribution is 4.89. The van der Waals surface area contributed by atoms with Crippen molar-refractivity contribution in [3.05, 3.63) is 0 Å². The minimum atomic E-state index is -1.46. The van der Waals surface area contributed by atoms with Gasteiger partial charge in [-0.25, -0.2) is 0 Å². The van der Waals surface area contributed by atoms with Crippen molar-refractivity contribution in [3.63, 3.8) is 0 Å². The van der Waals surface area contributed by atoms with E-state index in [1.165, 1.54) is 0 Å². The molecule has 16 heavy (non-hydrogen) atoms. The summed E-state index contributed by atoms with van der Waals surface area (Å²) in [4.78, 5) is 0. The molecule has 6 nitrogen and oxygen atoms in total. The quantitative estimate of drug-likeness (QED) is 0.387. The van der Waals surface area contributed by atoms with Gasteiger partial charge in [-0.15, -0.1) is 0 Å². The first-order chi connectivity index (χ1) is 7.43. The van der Waals surface area contributed by atoms with E-state index in [-0.39, 0.29) is 0 Å². The van der Waals surface area contributed by atoms with Crippen LogP contribution in [-0.2, 0) is 4.74 Å². The molecule has 0 aromatic heterocycles. The van der Waals surface area contributed by atoms with Gasteiger partial charge in [0.15, 0.2) is 6.29 Å². The molecule has 0 saturated carbocycles. The van der Waals surface area contributed by atoms with Gasteiger partial charge >= 0.3 is 0 Å². The Bertz CT molecular complexity index is 213. The van der Waals surface area contributed by atoms with Crippen LogP contribution in [0.2, 0.25) is 0 Å². The second-order valence-corrected chi connectivity index (χ2v) is 4.59. The lowest BCUT2D eigenvalue weighted by molar-refractivity contribution is -0.280. The van der Waals surface area contributed by atoms with Crippen molar-refractivity contribution >= 4 is 0 Å². The fourth-order valence-corrected chi connectivity index (χ4v) is 1.61. The summed E-state index contributed by atoms with van der Waals surface area (Å²) in [6, 6.07) is 0. The third kappa shape index (κ3) is 3.38. The molecule has 0 unspecified atom stereocenters. The summed E-state index contributed by atoms with van der Waals surface area (Å²) in [5.41, 5.74) is 0. The van der Waals surface area contributed by atoms with Crippen LogP contribution in [0.3, 0.4) is 0 Å². The van der Waals surface area contributed by atoms with Crippen molar-refractivity contribution in [3.8, 4) is 0 Å².